The summed E-state index contributed by atoms with van der Waals surface area (Å²) in [7, 11) is 1.64. The monoisotopic (exact) mass is 399 g/mol. The predicted octanol–water partition coefficient (Wildman–Crippen LogP) is 4.88. The van der Waals surface area contributed by atoms with Gasteiger partial charge in [-0.2, -0.15) is 0 Å². The van der Waals surface area contributed by atoms with E-state index in [-0.39, 0.29) is 5.91 Å². The van der Waals surface area contributed by atoms with Crippen molar-refractivity contribution >= 4 is 33.7 Å². The zero-order valence-electron chi connectivity index (χ0n) is 17.0. The van der Waals surface area contributed by atoms with Gasteiger partial charge in [-0.15, -0.1) is 0 Å². The molecule has 3 N–H and O–H groups in total. The number of nitrogens with one attached hydrogen (secondary N) is 3. The summed E-state index contributed by atoms with van der Waals surface area (Å²) in [6.07, 6.45) is 7.88. The quantitative estimate of drug-likeness (QED) is 0.457. The normalized spacial score (nSPS) is 14.8. The fourth-order valence-electron chi connectivity index (χ4n) is 4.41. The van der Waals surface area contributed by atoms with Crippen molar-refractivity contribution in [3.05, 3.63) is 54.4 Å². The van der Waals surface area contributed by atoms with Crippen LogP contribution in [-0.4, -0.2) is 33.9 Å². The molecule has 1 amide bonds. The van der Waals surface area contributed by atoms with Crippen molar-refractivity contribution in [3.63, 3.8) is 0 Å². The molecular formula is C24H25N5O. The predicted molar refractivity (Wildman–Crippen MR) is 121 cm³/mol. The number of aromatic amines is 1. The summed E-state index contributed by atoms with van der Waals surface area (Å²) in [5.74, 6) is 0.828. The molecule has 0 unspecified atom stereocenters. The van der Waals surface area contributed by atoms with Gasteiger partial charge in [0.1, 0.15) is 17.8 Å². The third-order valence-electron chi connectivity index (χ3n) is 6.04. The lowest BCUT2D eigenvalue weighted by Gasteiger charge is -2.23. The van der Waals surface area contributed by atoms with Crippen LogP contribution >= 0.6 is 0 Å². The minimum absolute atomic E-state index is 0.0794. The SMILES string of the molecule is CNC(=O)c1ccc(-c2ccc3[nH]c4ncnc(NC5CCCCC5)c4c3c2)cc1. The molecule has 0 radical (unpaired) electrons. The van der Waals surface area contributed by atoms with Gasteiger partial charge in [0, 0.05) is 29.6 Å². The zero-order valence-corrected chi connectivity index (χ0v) is 17.0. The molecule has 1 aliphatic carbocycles. The molecule has 5 rings (SSSR count). The maximum absolute atomic E-state index is 11.8. The third kappa shape index (κ3) is 3.38. The Morgan fingerprint density at radius 3 is 2.53 bits per heavy atom. The number of H-pyrrole nitrogens is 1. The second kappa shape index (κ2) is 7.78. The number of rotatable bonds is 4. The van der Waals surface area contributed by atoms with Crippen molar-refractivity contribution in [3.8, 4) is 11.1 Å². The zero-order chi connectivity index (χ0) is 20.5. The highest BCUT2D eigenvalue weighted by molar-refractivity contribution is 6.12. The van der Waals surface area contributed by atoms with Crippen LogP contribution in [0, 0.1) is 0 Å². The molecule has 30 heavy (non-hydrogen) atoms. The van der Waals surface area contributed by atoms with Crippen molar-refractivity contribution in [2.24, 2.45) is 0 Å². The van der Waals surface area contributed by atoms with E-state index in [9.17, 15) is 4.79 Å². The number of carbonyl (C=O) groups excluding carboxylic acids is 1. The number of benzene rings is 2. The fraction of sp³-hybridized carbons (Fsp3) is 0.292. The van der Waals surface area contributed by atoms with Gasteiger partial charge in [0.05, 0.1) is 5.39 Å². The molecule has 0 saturated heterocycles. The summed E-state index contributed by atoms with van der Waals surface area (Å²) in [5, 5.41) is 8.48. The third-order valence-corrected chi connectivity index (χ3v) is 6.04. The van der Waals surface area contributed by atoms with Crippen LogP contribution in [0.3, 0.4) is 0 Å². The second-order valence-electron chi connectivity index (χ2n) is 7.97. The molecule has 0 spiro atoms. The van der Waals surface area contributed by atoms with Gasteiger partial charge < -0.3 is 15.6 Å². The Morgan fingerprint density at radius 1 is 1.00 bits per heavy atom. The van der Waals surface area contributed by atoms with E-state index in [4.69, 9.17) is 0 Å². The first-order valence-electron chi connectivity index (χ1n) is 10.6. The molecule has 0 aliphatic heterocycles. The van der Waals surface area contributed by atoms with Gasteiger partial charge in [0.15, 0.2) is 0 Å². The number of nitrogens with zero attached hydrogens (tertiary/aromatic N) is 2. The van der Waals surface area contributed by atoms with Gasteiger partial charge in [0.25, 0.3) is 5.91 Å². The van der Waals surface area contributed by atoms with Crippen molar-refractivity contribution < 1.29 is 4.79 Å². The summed E-state index contributed by atoms with van der Waals surface area (Å²) in [6, 6.07) is 14.5. The molecule has 2 aromatic heterocycles. The number of anilines is 1. The maximum atomic E-state index is 11.8. The van der Waals surface area contributed by atoms with E-state index in [1.807, 2.05) is 24.3 Å². The molecule has 152 valence electrons. The van der Waals surface area contributed by atoms with Crippen LogP contribution in [0.15, 0.2) is 48.8 Å². The molecule has 4 aromatic rings. The lowest BCUT2D eigenvalue weighted by Crippen LogP contribution is -2.22. The average Bonchev–Trinajstić information content (AvgIpc) is 3.18. The van der Waals surface area contributed by atoms with Crippen molar-refractivity contribution in [2.45, 2.75) is 38.1 Å². The summed E-state index contributed by atoms with van der Waals surface area (Å²) >= 11 is 0. The molecule has 2 heterocycles. The molecule has 0 bridgehead atoms. The molecular weight excluding hydrogens is 374 g/mol. The van der Waals surface area contributed by atoms with Crippen molar-refractivity contribution in [1.82, 2.24) is 20.3 Å². The van der Waals surface area contributed by atoms with Crippen LogP contribution in [0.2, 0.25) is 0 Å². The van der Waals surface area contributed by atoms with Crippen molar-refractivity contribution in [1.29, 1.82) is 0 Å². The van der Waals surface area contributed by atoms with Crippen LogP contribution in [0.4, 0.5) is 5.82 Å². The van der Waals surface area contributed by atoms with E-state index >= 15 is 0 Å². The van der Waals surface area contributed by atoms with Crippen molar-refractivity contribution in [2.75, 3.05) is 12.4 Å². The highest BCUT2D eigenvalue weighted by Crippen LogP contribution is 2.33. The number of hydrogen-bond acceptors (Lipinski definition) is 4. The largest absolute Gasteiger partial charge is 0.367 e. The van der Waals surface area contributed by atoms with Crippen LogP contribution < -0.4 is 10.6 Å². The Bertz CT molecular complexity index is 1210. The summed E-state index contributed by atoms with van der Waals surface area (Å²) in [6.45, 7) is 0. The summed E-state index contributed by atoms with van der Waals surface area (Å²) in [5.41, 5.74) is 4.71. The van der Waals surface area contributed by atoms with Gasteiger partial charge in [-0.25, -0.2) is 9.97 Å². The Kier molecular flexibility index (Phi) is 4.83. The summed E-state index contributed by atoms with van der Waals surface area (Å²) < 4.78 is 0. The number of hydrogen-bond donors (Lipinski definition) is 3. The maximum Gasteiger partial charge on any atom is 0.251 e. The van der Waals surface area contributed by atoms with E-state index < -0.39 is 0 Å². The topological polar surface area (TPSA) is 82.7 Å². The fourth-order valence-corrected chi connectivity index (χ4v) is 4.41. The Labute approximate surface area is 175 Å². The van der Waals surface area contributed by atoms with Gasteiger partial charge in [-0.3, -0.25) is 4.79 Å². The second-order valence-corrected chi connectivity index (χ2v) is 7.97. The highest BCUT2D eigenvalue weighted by Gasteiger charge is 2.17. The molecule has 0 atom stereocenters. The Morgan fingerprint density at radius 2 is 1.77 bits per heavy atom. The first kappa shape index (κ1) is 18.6. The standard InChI is InChI=1S/C24H25N5O/c1-25-24(30)16-9-7-15(8-10-16)17-11-12-20-19(13-17)21-22(26-14-27-23(21)29-20)28-18-5-3-2-4-6-18/h7-14,18H,2-6H2,1H3,(H,25,30)(H2,26,27,28,29). The summed E-state index contributed by atoms with van der Waals surface area (Å²) in [4.78, 5) is 24.3. The van der Waals surface area contributed by atoms with E-state index in [1.165, 1.54) is 32.1 Å². The van der Waals surface area contributed by atoms with Gasteiger partial charge in [-0.05, 0) is 48.2 Å². The van der Waals surface area contributed by atoms with Gasteiger partial charge in [-0.1, -0.05) is 37.5 Å². The molecule has 1 saturated carbocycles. The number of aromatic nitrogens is 3. The van der Waals surface area contributed by atoms with Gasteiger partial charge >= 0.3 is 0 Å². The first-order chi connectivity index (χ1) is 14.7. The number of carbonyl (C=O) groups is 1. The highest BCUT2D eigenvalue weighted by atomic mass is 16.1. The van der Waals surface area contributed by atoms with E-state index in [0.29, 0.717) is 11.6 Å². The van der Waals surface area contributed by atoms with Crippen LogP contribution in [-0.2, 0) is 0 Å². The Hall–Kier alpha value is -3.41. The number of fused-ring (bicyclic) bond motifs is 3. The minimum Gasteiger partial charge on any atom is -0.367 e. The smallest absolute Gasteiger partial charge is 0.251 e. The number of amides is 1. The molecule has 1 fully saturated rings. The average molecular weight is 399 g/mol. The lowest BCUT2D eigenvalue weighted by atomic mass is 9.95. The molecule has 6 nitrogen and oxygen atoms in total. The van der Waals surface area contributed by atoms with Crippen LogP contribution in [0.5, 0.6) is 0 Å². The van der Waals surface area contributed by atoms with Crippen LogP contribution in [0.1, 0.15) is 42.5 Å². The lowest BCUT2D eigenvalue weighted by molar-refractivity contribution is 0.0963. The van der Waals surface area contributed by atoms with E-state index in [2.05, 4.69) is 43.8 Å². The molecule has 2 aromatic carbocycles. The van der Waals surface area contributed by atoms with Gasteiger partial charge in [0.2, 0.25) is 0 Å². The van der Waals surface area contributed by atoms with E-state index in [0.717, 1.165) is 38.9 Å². The Balaban J connectivity index is 1.56. The minimum atomic E-state index is -0.0794. The van der Waals surface area contributed by atoms with Crippen LogP contribution in [0.25, 0.3) is 33.1 Å². The first-order valence-corrected chi connectivity index (χ1v) is 10.6. The molecule has 1 aliphatic rings. The molecule has 6 heteroatoms. The van der Waals surface area contributed by atoms with E-state index in [1.54, 1.807) is 13.4 Å².